The van der Waals surface area contributed by atoms with Gasteiger partial charge in [-0.25, -0.2) is 0 Å². The third-order valence-corrected chi connectivity index (χ3v) is 4.54. The minimum absolute atomic E-state index is 0.0101. The van der Waals surface area contributed by atoms with Crippen LogP contribution in [0.1, 0.15) is 38.2 Å². The number of carbonyl (C=O) groups is 1. The molecular formula is C20H25N3O3. The Balaban J connectivity index is 1.42. The lowest BCUT2D eigenvalue weighted by molar-refractivity contribution is -0.135. The summed E-state index contributed by atoms with van der Waals surface area (Å²) in [5.41, 5.74) is 1.26. The summed E-state index contributed by atoms with van der Waals surface area (Å²) in [5.74, 6) is 1.75. The van der Waals surface area contributed by atoms with Crippen LogP contribution in [0, 0.1) is 0 Å². The fraction of sp³-hybridized carbons (Fsp3) is 0.450. The van der Waals surface area contributed by atoms with Gasteiger partial charge in [0.25, 0.3) is 5.91 Å². The zero-order valence-electron chi connectivity index (χ0n) is 15.3. The van der Waals surface area contributed by atoms with Crippen molar-refractivity contribution in [1.82, 2.24) is 15.1 Å². The molecule has 6 heteroatoms. The highest BCUT2D eigenvalue weighted by atomic mass is 16.5. The molecule has 1 aromatic heterocycles. The molecule has 2 aromatic rings. The molecule has 0 N–H and O–H groups in total. The van der Waals surface area contributed by atoms with Crippen molar-refractivity contribution in [3.8, 4) is 11.6 Å². The predicted octanol–water partition coefficient (Wildman–Crippen LogP) is 3.05. The van der Waals surface area contributed by atoms with Crippen LogP contribution in [0.25, 0.3) is 0 Å². The Bertz CT molecular complexity index is 696. The number of carbonyl (C=O) groups excluding carboxylic acids is 1. The van der Waals surface area contributed by atoms with Crippen LogP contribution >= 0.6 is 0 Å². The summed E-state index contributed by atoms with van der Waals surface area (Å²) in [6.07, 6.45) is 3.25. The van der Waals surface area contributed by atoms with E-state index in [0.29, 0.717) is 24.9 Å². The third-order valence-electron chi connectivity index (χ3n) is 4.54. The molecule has 0 spiro atoms. The fourth-order valence-corrected chi connectivity index (χ4v) is 2.93. The number of piperidine rings is 1. The van der Waals surface area contributed by atoms with Gasteiger partial charge in [-0.15, -0.1) is 5.10 Å². The van der Waals surface area contributed by atoms with Gasteiger partial charge in [-0.05, 0) is 29.7 Å². The van der Waals surface area contributed by atoms with E-state index in [4.69, 9.17) is 9.47 Å². The molecule has 1 aromatic carbocycles. The first-order valence-electron chi connectivity index (χ1n) is 9.06. The van der Waals surface area contributed by atoms with Gasteiger partial charge >= 0.3 is 0 Å². The lowest BCUT2D eigenvalue weighted by Gasteiger charge is -2.31. The predicted molar refractivity (Wildman–Crippen MR) is 98.3 cm³/mol. The molecule has 0 bridgehead atoms. The summed E-state index contributed by atoms with van der Waals surface area (Å²) in [6, 6.07) is 11.5. The molecule has 1 aliphatic rings. The highest BCUT2D eigenvalue weighted by Gasteiger charge is 2.24. The molecule has 0 radical (unpaired) electrons. The largest absolute Gasteiger partial charge is 0.484 e. The summed E-state index contributed by atoms with van der Waals surface area (Å²) < 4.78 is 11.4. The van der Waals surface area contributed by atoms with E-state index < -0.39 is 0 Å². The van der Waals surface area contributed by atoms with Gasteiger partial charge < -0.3 is 14.4 Å². The van der Waals surface area contributed by atoms with Gasteiger partial charge in [0, 0.05) is 38.2 Å². The molecule has 1 fully saturated rings. The number of hydrogen-bond acceptors (Lipinski definition) is 5. The van der Waals surface area contributed by atoms with Crippen LogP contribution in [-0.4, -0.2) is 46.8 Å². The second-order valence-corrected chi connectivity index (χ2v) is 6.77. The van der Waals surface area contributed by atoms with Crippen molar-refractivity contribution < 1.29 is 14.3 Å². The number of nitrogens with zero attached hydrogens (tertiary/aromatic N) is 3. The van der Waals surface area contributed by atoms with Gasteiger partial charge in [0.1, 0.15) is 11.9 Å². The molecule has 1 amide bonds. The Hall–Kier alpha value is -2.63. The number of benzene rings is 1. The summed E-state index contributed by atoms with van der Waals surface area (Å²) >= 11 is 0. The highest BCUT2D eigenvalue weighted by Crippen LogP contribution is 2.19. The molecule has 3 rings (SSSR count). The summed E-state index contributed by atoms with van der Waals surface area (Å²) in [7, 11) is 0. The van der Waals surface area contributed by atoms with Gasteiger partial charge in [0.15, 0.2) is 6.61 Å². The Morgan fingerprint density at radius 1 is 1.19 bits per heavy atom. The van der Waals surface area contributed by atoms with Crippen LogP contribution in [0.5, 0.6) is 11.6 Å². The first-order chi connectivity index (χ1) is 12.6. The maximum atomic E-state index is 12.3. The monoisotopic (exact) mass is 355 g/mol. The quantitative estimate of drug-likeness (QED) is 0.797. The Kier molecular flexibility index (Phi) is 6.04. The van der Waals surface area contributed by atoms with E-state index in [1.54, 1.807) is 18.3 Å². The van der Waals surface area contributed by atoms with Crippen LogP contribution in [-0.2, 0) is 4.79 Å². The minimum Gasteiger partial charge on any atom is -0.484 e. The molecule has 0 aliphatic carbocycles. The smallest absolute Gasteiger partial charge is 0.260 e. The number of ether oxygens (including phenoxy) is 2. The Labute approximate surface area is 154 Å². The summed E-state index contributed by atoms with van der Waals surface area (Å²) in [4.78, 5) is 14.2. The normalized spacial score (nSPS) is 15.1. The first-order valence-corrected chi connectivity index (χ1v) is 9.06. The second-order valence-electron chi connectivity index (χ2n) is 6.77. The van der Waals surface area contributed by atoms with E-state index in [-0.39, 0.29) is 18.6 Å². The molecular weight excluding hydrogens is 330 g/mol. The number of aromatic nitrogens is 2. The molecule has 0 saturated carbocycles. The molecule has 6 nitrogen and oxygen atoms in total. The van der Waals surface area contributed by atoms with Gasteiger partial charge in [0.2, 0.25) is 5.88 Å². The fourth-order valence-electron chi connectivity index (χ4n) is 2.93. The van der Waals surface area contributed by atoms with E-state index >= 15 is 0 Å². The molecule has 0 atom stereocenters. The van der Waals surface area contributed by atoms with Crippen molar-refractivity contribution in [2.45, 2.75) is 38.7 Å². The molecule has 1 aliphatic heterocycles. The number of amides is 1. The molecule has 26 heavy (non-hydrogen) atoms. The van der Waals surface area contributed by atoms with E-state index in [2.05, 4.69) is 24.0 Å². The zero-order valence-corrected chi connectivity index (χ0v) is 15.3. The third kappa shape index (κ3) is 4.94. The van der Waals surface area contributed by atoms with Crippen molar-refractivity contribution in [2.75, 3.05) is 19.7 Å². The molecule has 1 saturated heterocycles. The van der Waals surface area contributed by atoms with Crippen molar-refractivity contribution in [1.29, 1.82) is 0 Å². The maximum absolute atomic E-state index is 12.3. The molecule has 2 heterocycles. The van der Waals surface area contributed by atoms with Crippen LogP contribution in [0.15, 0.2) is 42.6 Å². The van der Waals surface area contributed by atoms with E-state index in [1.165, 1.54) is 5.56 Å². The lowest BCUT2D eigenvalue weighted by atomic mass is 10.0. The highest BCUT2D eigenvalue weighted by molar-refractivity contribution is 5.77. The Morgan fingerprint density at radius 2 is 1.92 bits per heavy atom. The summed E-state index contributed by atoms with van der Waals surface area (Å²) in [6.45, 7) is 5.70. The SMILES string of the molecule is CC(C)c1ccc(OCC(=O)N2CCC(Oc3cccnn3)CC2)cc1. The number of hydrogen-bond donors (Lipinski definition) is 0. The Morgan fingerprint density at radius 3 is 2.54 bits per heavy atom. The van der Waals surface area contributed by atoms with Crippen molar-refractivity contribution in [2.24, 2.45) is 0 Å². The second kappa shape index (κ2) is 8.65. The number of rotatable bonds is 6. The number of likely N-dealkylation sites (tertiary alicyclic amines) is 1. The topological polar surface area (TPSA) is 64.5 Å². The first kappa shape index (κ1) is 18.2. The standard InChI is InChI=1S/C20H25N3O3/c1-15(2)16-5-7-17(8-6-16)25-14-20(24)23-12-9-18(10-13-23)26-19-4-3-11-21-22-19/h3-8,11,15,18H,9-10,12-14H2,1-2H3. The van der Waals surface area contributed by atoms with Gasteiger partial charge in [0.05, 0.1) is 0 Å². The molecule has 138 valence electrons. The van der Waals surface area contributed by atoms with E-state index in [9.17, 15) is 4.79 Å². The minimum atomic E-state index is 0.0101. The van der Waals surface area contributed by atoms with Crippen LogP contribution < -0.4 is 9.47 Å². The van der Waals surface area contributed by atoms with Crippen LogP contribution in [0.2, 0.25) is 0 Å². The van der Waals surface area contributed by atoms with E-state index in [1.807, 2.05) is 29.2 Å². The van der Waals surface area contributed by atoms with Crippen molar-refractivity contribution in [3.05, 3.63) is 48.2 Å². The van der Waals surface area contributed by atoms with Gasteiger partial charge in [-0.3, -0.25) is 4.79 Å². The average Bonchev–Trinajstić information content (AvgIpc) is 2.68. The lowest BCUT2D eigenvalue weighted by Crippen LogP contribution is -2.43. The van der Waals surface area contributed by atoms with Gasteiger partial charge in [-0.1, -0.05) is 26.0 Å². The summed E-state index contributed by atoms with van der Waals surface area (Å²) in [5, 5.41) is 7.74. The zero-order chi connectivity index (χ0) is 18.4. The maximum Gasteiger partial charge on any atom is 0.260 e. The van der Waals surface area contributed by atoms with Crippen molar-refractivity contribution in [3.63, 3.8) is 0 Å². The molecule has 0 unspecified atom stereocenters. The van der Waals surface area contributed by atoms with Crippen LogP contribution in [0.4, 0.5) is 0 Å². The van der Waals surface area contributed by atoms with Gasteiger partial charge in [-0.2, -0.15) is 5.10 Å². The van der Waals surface area contributed by atoms with Crippen molar-refractivity contribution >= 4 is 5.91 Å². The van der Waals surface area contributed by atoms with Crippen LogP contribution in [0.3, 0.4) is 0 Å². The van der Waals surface area contributed by atoms with E-state index in [0.717, 1.165) is 18.6 Å². The average molecular weight is 355 g/mol.